The molecule has 8 heteroatoms. The van der Waals surface area contributed by atoms with Crippen molar-refractivity contribution in [1.29, 1.82) is 5.26 Å². The van der Waals surface area contributed by atoms with Crippen LogP contribution in [0, 0.1) is 11.3 Å². The van der Waals surface area contributed by atoms with Crippen LogP contribution in [0.5, 0.6) is 0 Å². The summed E-state index contributed by atoms with van der Waals surface area (Å²) in [7, 11) is 0. The van der Waals surface area contributed by atoms with E-state index in [1.807, 2.05) is 30.3 Å². The summed E-state index contributed by atoms with van der Waals surface area (Å²) >= 11 is 7.31. The van der Waals surface area contributed by atoms with Gasteiger partial charge in [0, 0.05) is 17.1 Å². The molecule has 3 aromatic rings. The van der Waals surface area contributed by atoms with Crippen LogP contribution in [0.4, 0.5) is 5.69 Å². The normalized spacial score (nSPS) is 14.0. The quantitative estimate of drug-likeness (QED) is 0.527. The molecule has 0 aliphatic heterocycles. The number of anilines is 1. The zero-order valence-corrected chi connectivity index (χ0v) is 18.3. The third-order valence-corrected chi connectivity index (χ3v) is 6.20. The van der Waals surface area contributed by atoms with Crippen molar-refractivity contribution in [1.82, 2.24) is 10.3 Å². The molecular formula is C23H19ClN4O2S. The first kappa shape index (κ1) is 21.2. The molecule has 0 spiro atoms. The van der Waals surface area contributed by atoms with Gasteiger partial charge in [-0.2, -0.15) is 5.26 Å². The van der Waals surface area contributed by atoms with Gasteiger partial charge >= 0.3 is 0 Å². The molecule has 156 valence electrons. The van der Waals surface area contributed by atoms with Crippen molar-refractivity contribution < 1.29 is 9.59 Å². The number of rotatable bonds is 6. The number of carbonyl (C=O) groups is 2. The van der Waals surface area contributed by atoms with Crippen LogP contribution in [-0.4, -0.2) is 28.1 Å². The number of benzene rings is 2. The highest BCUT2D eigenvalue weighted by Crippen LogP contribution is 2.29. The van der Waals surface area contributed by atoms with Crippen molar-refractivity contribution >= 4 is 51.8 Å². The van der Waals surface area contributed by atoms with Gasteiger partial charge in [-0.3, -0.25) is 9.59 Å². The SMILES string of the molecule is CC(Sc1cc(C(=O)NC2CC2)c2ccccc2n1)C(=O)Nc1ccc(C#N)c(Cl)c1. The summed E-state index contributed by atoms with van der Waals surface area (Å²) in [5.41, 5.74) is 2.13. The maximum atomic E-state index is 12.7. The van der Waals surface area contributed by atoms with Gasteiger partial charge in [-0.1, -0.05) is 41.6 Å². The molecule has 0 bridgehead atoms. The van der Waals surface area contributed by atoms with E-state index in [1.54, 1.807) is 31.2 Å². The largest absolute Gasteiger partial charge is 0.349 e. The topological polar surface area (TPSA) is 94.9 Å². The second-order valence-corrected chi connectivity index (χ2v) is 9.10. The number of hydrogen-bond acceptors (Lipinski definition) is 5. The third-order valence-electron chi connectivity index (χ3n) is 4.87. The first-order valence-electron chi connectivity index (χ1n) is 9.82. The first-order chi connectivity index (χ1) is 14.9. The number of nitriles is 1. The Hall–Kier alpha value is -3.08. The van der Waals surface area contributed by atoms with Gasteiger partial charge in [0.1, 0.15) is 6.07 Å². The second kappa shape index (κ2) is 8.96. The van der Waals surface area contributed by atoms with Gasteiger partial charge in [0.05, 0.1) is 31.9 Å². The summed E-state index contributed by atoms with van der Waals surface area (Å²) in [6.45, 7) is 1.77. The molecule has 0 radical (unpaired) electrons. The predicted molar refractivity (Wildman–Crippen MR) is 122 cm³/mol. The molecule has 1 aliphatic carbocycles. The summed E-state index contributed by atoms with van der Waals surface area (Å²) in [5, 5.41) is 16.0. The smallest absolute Gasteiger partial charge is 0.252 e. The summed E-state index contributed by atoms with van der Waals surface area (Å²) < 4.78 is 0. The average Bonchev–Trinajstić information content (AvgIpc) is 3.57. The molecule has 31 heavy (non-hydrogen) atoms. The molecule has 1 heterocycles. The Kier molecular flexibility index (Phi) is 6.12. The predicted octanol–water partition coefficient (Wildman–Crippen LogP) is 4.77. The van der Waals surface area contributed by atoms with Crippen LogP contribution >= 0.6 is 23.4 Å². The molecule has 1 fully saturated rings. The van der Waals surface area contributed by atoms with Gasteiger partial charge in [-0.25, -0.2) is 4.98 Å². The van der Waals surface area contributed by atoms with Crippen LogP contribution in [0.2, 0.25) is 5.02 Å². The molecule has 2 N–H and O–H groups in total. The van der Waals surface area contributed by atoms with Crippen LogP contribution in [-0.2, 0) is 4.79 Å². The van der Waals surface area contributed by atoms with Gasteiger partial charge in [-0.05, 0) is 50.1 Å². The summed E-state index contributed by atoms with van der Waals surface area (Å²) in [6, 6.07) is 16.2. The molecule has 2 aromatic carbocycles. The number of aromatic nitrogens is 1. The highest BCUT2D eigenvalue weighted by molar-refractivity contribution is 8.00. The minimum atomic E-state index is -0.470. The Morgan fingerprint density at radius 3 is 2.71 bits per heavy atom. The Labute approximate surface area is 189 Å². The number of carbonyl (C=O) groups excluding carboxylic acids is 2. The van der Waals surface area contributed by atoms with Crippen LogP contribution in [0.15, 0.2) is 53.6 Å². The molecule has 1 unspecified atom stereocenters. The van der Waals surface area contributed by atoms with Crippen molar-refractivity contribution in [2.75, 3.05) is 5.32 Å². The molecular weight excluding hydrogens is 432 g/mol. The Bertz CT molecular complexity index is 1220. The fourth-order valence-electron chi connectivity index (χ4n) is 3.05. The van der Waals surface area contributed by atoms with Gasteiger partial charge in [-0.15, -0.1) is 0 Å². The molecule has 4 rings (SSSR count). The highest BCUT2D eigenvalue weighted by atomic mass is 35.5. The molecule has 6 nitrogen and oxygen atoms in total. The van der Waals surface area contributed by atoms with Crippen molar-refractivity contribution in [3.05, 3.63) is 64.7 Å². The molecule has 1 atom stereocenters. The van der Waals surface area contributed by atoms with Crippen molar-refractivity contribution in [3.63, 3.8) is 0 Å². The number of fused-ring (bicyclic) bond motifs is 1. The second-order valence-electron chi connectivity index (χ2n) is 7.33. The Morgan fingerprint density at radius 2 is 2.00 bits per heavy atom. The Morgan fingerprint density at radius 1 is 1.23 bits per heavy atom. The minimum absolute atomic E-state index is 0.118. The minimum Gasteiger partial charge on any atom is -0.349 e. The maximum Gasteiger partial charge on any atom is 0.252 e. The van der Waals surface area contributed by atoms with Crippen LogP contribution < -0.4 is 10.6 Å². The first-order valence-corrected chi connectivity index (χ1v) is 11.1. The van der Waals surface area contributed by atoms with E-state index in [0.717, 1.165) is 18.2 Å². The monoisotopic (exact) mass is 450 g/mol. The third kappa shape index (κ3) is 4.98. The van der Waals surface area contributed by atoms with Crippen LogP contribution in [0.3, 0.4) is 0 Å². The lowest BCUT2D eigenvalue weighted by Gasteiger charge is -2.14. The number of hydrogen-bond donors (Lipinski definition) is 2. The van der Waals surface area contributed by atoms with E-state index < -0.39 is 5.25 Å². The maximum absolute atomic E-state index is 12.7. The number of nitrogens with one attached hydrogen (secondary N) is 2. The van der Waals surface area contributed by atoms with Gasteiger partial charge in [0.2, 0.25) is 5.91 Å². The molecule has 0 saturated heterocycles. The Balaban J connectivity index is 1.53. The van der Waals surface area contributed by atoms with E-state index in [1.165, 1.54) is 11.8 Å². The van der Waals surface area contributed by atoms with E-state index in [2.05, 4.69) is 15.6 Å². The van der Waals surface area contributed by atoms with E-state index >= 15 is 0 Å². The van der Waals surface area contributed by atoms with E-state index in [4.69, 9.17) is 16.9 Å². The summed E-state index contributed by atoms with van der Waals surface area (Å²) in [4.78, 5) is 30.0. The van der Waals surface area contributed by atoms with Crippen molar-refractivity contribution in [2.45, 2.75) is 36.1 Å². The highest BCUT2D eigenvalue weighted by Gasteiger charge is 2.25. The average molecular weight is 451 g/mol. The molecule has 1 saturated carbocycles. The number of para-hydroxylation sites is 1. The van der Waals surface area contributed by atoms with Crippen LogP contribution in [0.1, 0.15) is 35.7 Å². The number of nitrogens with zero attached hydrogens (tertiary/aromatic N) is 2. The molecule has 1 aliphatic rings. The lowest BCUT2D eigenvalue weighted by molar-refractivity contribution is -0.115. The standard InChI is InChI=1S/C23H19ClN4O2S/c1-13(22(29)27-16-7-6-14(12-25)19(24)10-16)31-21-11-18(23(30)26-15-8-9-15)17-4-2-3-5-20(17)28-21/h2-7,10-11,13,15H,8-9H2,1H3,(H,26,30)(H,27,29). The van der Waals surface area contributed by atoms with Crippen molar-refractivity contribution in [3.8, 4) is 6.07 Å². The lowest BCUT2D eigenvalue weighted by atomic mass is 10.1. The van der Waals surface area contributed by atoms with Crippen LogP contribution in [0.25, 0.3) is 10.9 Å². The zero-order chi connectivity index (χ0) is 22.0. The van der Waals surface area contributed by atoms with Gasteiger partial charge in [0.15, 0.2) is 0 Å². The van der Waals surface area contributed by atoms with Gasteiger partial charge in [0.25, 0.3) is 5.91 Å². The number of thioether (sulfide) groups is 1. The molecule has 1 aromatic heterocycles. The summed E-state index contributed by atoms with van der Waals surface area (Å²) in [5.74, 6) is -0.350. The lowest BCUT2D eigenvalue weighted by Crippen LogP contribution is -2.26. The number of pyridine rings is 1. The summed E-state index contributed by atoms with van der Waals surface area (Å²) in [6.07, 6.45) is 2.01. The fraction of sp³-hybridized carbons (Fsp3) is 0.217. The van der Waals surface area contributed by atoms with E-state index in [0.29, 0.717) is 27.4 Å². The fourth-order valence-corrected chi connectivity index (χ4v) is 4.14. The van der Waals surface area contributed by atoms with Gasteiger partial charge < -0.3 is 10.6 Å². The number of halogens is 1. The molecule has 2 amide bonds. The van der Waals surface area contributed by atoms with E-state index in [-0.39, 0.29) is 22.9 Å². The van der Waals surface area contributed by atoms with E-state index in [9.17, 15) is 9.59 Å². The van der Waals surface area contributed by atoms with Crippen molar-refractivity contribution in [2.24, 2.45) is 0 Å². The number of amides is 2. The zero-order valence-electron chi connectivity index (χ0n) is 16.7.